The van der Waals surface area contributed by atoms with Crippen molar-refractivity contribution in [1.29, 1.82) is 0 Å². The number of unbranched alkanes of at least 4 members (excludes halogenated alkanes) is 17. The van der Waals surface area contributed by atoms with Crippen LogP contribution < -0.4 is 11.5 Å². The Hall–Kier alpha value is -2.29. The van der Waals surface area contributed by atoms with Crippen LogP contribution in [-0.2, 0) is 37.5 Å². The topological polar surface area (TPSA) is 218 Å². The lowest BCUT2D eigenvalue weighted by atomic mass is 10.0. The van der Waals surface area contributed by atoms with Crippen molar-refractivity contribution >= 4 is 37.5 Å². The number of aliphatic hydroxyl groups excluding tert-OH is 1. The molecule has 0 bridgehead atoms. The van der Waals surface area contributed by atoms with E-state index in [1.165, 1.54) is 102 Å². The highest BCUT2D eigenvalue weighted by atomic mass is 32.2. The van der Waals surface area contributed by atoms with E-state index in [-0.39, 0.29) is 44.6 Å². The predicted octanol–water partition coefficient (Wildman–Crippen LogP) is 10.0. The summed E-state index contributed by atoms with van der Waals surface area (Å²) in [6.07, 6.45) is 37.5. The molecule has 15 heteroatoms. The number of aliphatic carboxylic acids is 1. The minimum atomic E-state index is -4.54. The van der Waals surface area contributed by atoms with E-state index in [0.717, 1.165) is 32.1 Å². The monoisotopic (exact) mass is 903 g/mol. The zero-order valence-electron chi connectivity index (χ0n) is 37.6. The van der Waals surface area contributed by atoms with Crippen molar-refractivity contribution < 1.29 is 52.6 Å². The van der Waals surface area contributed by atoms with E-state index in [4.69, 9.17) is 35.1 Å². The average molecular weight is 903 g/mol. The standard InChI is InChI=1S/C46H83N2O11PS/c1-3-5-7-9-11-13-15-17-18-19-21-23-25-27-29-34-45(52)56-37-40(38-58-60(54,55)57-36-35-47)59-46(53)41(48)39-61-43(42(49)31-30-33-44(50)51)32-28-26-24-22-20-16-14-12-10-8-6-4-2/h12,14,20,22,24,26,28,32,40-43,49H,3-11,13,15-19,21,23,25,27,29-31,33-39,47-48H2,1-2H3,(H,50,51)(H,54,55)/b14-12-,22-20-,26-24+,32-28+/t40-,41+,42+,43-/m1/s1. The molecule has 0 aromatic heterocycles. The second-order valence-electron chi connectivity index (χ2n) is 15.5. The number of esters is 2. The van der Waals surface area contributed by atoms with E-state index in [1.807, 2.05) is 24.3 Å². The van der Waals surface area contributed by atoms with Crippen LogP contribution in [-0.4, -0.2) is 88.6 Å². The lowest BCUT2D eigenvalue weighted by molar-refractivity contribution is -0.161. The molecule has 0 heterocycles. The highest BCUT2D eigenvalue weighted by molar-refractivity contribution is 8.00. The van der Waals surface area contributed by atoms with Gasteiger partial charge in [0.2, 0.25) is 0 Å². The third-order valence-corrected chi connectivity index (χ3v) is 12.1. The van der Waals surface area contributed by atoms with E-state index in [0.29, 0.717) is 6.42 Å². The molecule has 7 N–H and O–H groups in total. The summed E-state index contributed by atoms with van der Waals surface area (Å²) in [6, 6.07) is -1.19. The zero-order valence-corrected chi connectivity index (χ0v) is 39.3. The molecule has 0 aromatic carbocycles. The Balaban J connectivity index is 5.06. The fraction of sp³-hybridized carbons (Fsp3) is 0.761. The number of nitrogens with two attached hydrogens (primary N) is 2. The largest absolute Gasteiger partial charge is 0.481 e. The van der Waals surface area contributed by atoms with Crippen LogP contribution in [0, 0.1) is 0 Å². The van der Waals surface area contributed by atoms with Gasteiger partial charge in [-0.3, -0.25) is 23.4 Å². The molecule has 1 unspecified atom stereocenters. The Morgan fingerprint density at radius 3 is 1.92 bits per heavy atom. The number of hydrogen-bond donors (Lipinski definition) is 5. The molecular formula is C46H83N2O11PS. The van der Waals surface area contributed by atoms with Gasteiger partial charge in [-0.15, -0.1) is 11.8 Å². The van der Waals surface area contributed by atoms with Gasteiger partial charge in [0.15, 0.2) is 6.10 Å². The lowest BCUT2D eigenvalue weighted by Gasteiger charge is -2.23. The number of thioether (sulfide) groups is 1. The molecule has 0 radical (unpaired) electrons. The molecule has 0 rings (SSSR count). The van der Waals surface area contributed by atoms with E-state index < -0.39 is 62.4 Å². The molecule has 5 atom stereocenters. The minimum Gasteiger partial charge on any atom is -0.481 e. The van der Waals surface area contributed by atoms with Crippen LogP contribution in [0.4, 0.5) is 0 Å². The smallest absolute Gasteiger partial charge is 0.472 e. The van der Waals surface area contributed by atoms with Crippen LogP contribution in [0.3, 0.4) is 0 Å². The predicted molar refractivity (Wildman–Crippen MR) is 248 cm³/mol. The number of phosphoric acid groups is 1. The molecule has 0 saturated heterocycles. The summed E-state index contributed by atoms with van der Waals surface area (Å²) in [5.74, 6) is -2.31. The summed E-state index contributed by atoms with van der Waals surface area (Å²) in [7, 11) is -4.54. The summed E-state index contributed by atoms with van der Waals surface area (Å²) < 4.78 is 32.9. The maximum atomic E-state index is 13.1. The highest BCUT2D eigenvalue weighted by Crippen LogP contribution is 2.43. The molecule has 13 nitrogen and oxygen atoms in total. The van der Waals surface area contributed by atoms with Gasteiger partial charge in [0.25, 0.3) is 0 Å². The van der Waals surface area contributed by atoms with Crippen molar-refractivity contribution in [2.24, 2.45) is 11.5 Å². The first-order valence-corrected chi connectivity index (χ1v) is 25.6. The van der Waals surface area contributed by atoms with E-state index >= 15 is 0 Å². The Bertz CT molecular complexity index is 1270. The van der Waals surface area contributed by atoms with Gasteiger partial charge in [-0.1, -0.05) is 165 Å². The molecule has 61 heavy (non-hydrogen) atoms. The van der Waals surface area contributed by atoms with Crippen molar-refractivity contribution in [2.45, 2.75) is 191 Å². The number of carboxylic acid groups (broad SMARTS) is 1. The summed E-state index contributed by atoms with van der Waals surface area (Å²) in [6.45, 7) is 3.12. The van der Waals surface area contributed by atoms with Crippen molar-refractivity contribution in [2.75, 3.05) is 32.1 Å². The van der Waals surface area contributed by atoms with Gasteiger partial charge >= 0.3 is 25.7 Å². The van der Waals surface area contributed by atoms with Crippen molar-refractivity contribution in [3.8, 4) is 0 Å². The second-order valence-corrected chi connectivity index (χ2v) is 18.2. The number of allylic oxidation sites excluding steroid dienone is 7. The molecule has 0 spiro atoms. The molecule has 0 fully saturated rings. The molecule has 0 saturated carbocycles. The van der Waals surface area contributed by atoms with Crippen molar-refractivity contribution in [3.05, 3.63) is 48.6 Å². The molecule has 0 aliphatic rings. The van der Waals surface area contributed by atoms with E-state index in [2.05, 4.69) is 26.0 Å². The number of carbonyl (C=O) groups excluding carboxylic acids is 2. The number of carboxylic acids is 1. The first kappa shape index (κ1) is 58.7. The quantitative estimate of drug-likeness (QED) is 0.0127. The fourth-order valence-corrected chi connectivity index (χ4v) is 8.01. The van der Waals surface area contributed by atoms with Crippen LogP contribution >= 0.6 is 19.6 Å². The number of hydrogen-bond acceptors (Lipinski definition) is 12. The summed E-state index contributed by atoms with van der Waals surface area (Å²) >= 11 is 1.20. The van der Waals surface area contributed by atoms with Crippen molar-refractivity contribution in [3.63, 3.8) is 0 Å². The fourth-order valence-electron chi connectivity index (χ4n) is 6.12. The van der Waals surface area contributed by atoms with Crippen molar-refractivity contribution in [1.82, 2.24) is 0 Å². The Kier molecular flexibility index (Phi) is 40.1. The minimum absolute atomic E-state index is 0.0166. The molecule has 0 aromatic rings. The third-order valence-electron chi connectivity index (χ3n) is 9.72. The normalized spacial score (nSPS) is 15.1. The SMILES string of the molecule is CCCCC/C=C\C\C=C/C=C/C=C/[C@@H](SC[C@H](N)C(=O)O[C@H](COC(=O)CCCCCCCCCCCCCCCCC)COP(=O)(O)OCCN)[C@@H](O)CCCC(=O)O. The van der Waals surface area contributed by atoms with Gasteiger partial charge in [-0.25, -0.2) is 4.57 Å². The van der Waals surface area contributed by atoms with Gasteiger partial charge in [0.05, 0.1) is 19.3 Å². The molecule has 0 aliphatic heterocycles. The Morgan fingerprint density at radius 1 is 0.721 bits per heavy atom. The van der Waals surface area contributed by atoms with Crippen LogP contribution in [0.2, 0.25) is 0 Å². The van der Waals surface area contributed by atoms with Crippen LogP contribution in [0.15, 0.2) is 48.6 Å². The van der Waals surface area contributed by atoms with Crippen LogP contribution in [0.1, 0.15) is 168 Å². The van der Waals surface area contributed by atoms with Crippen LogP contribution in [0.5, 0.6) is 0 Å². The highest BCUT2D eigenvalue weighted by Gasteiger charge is 2.28. The molecule has 354 valence electrons. The Labute approximate surface area is 372 Å². The van der Waals surface area contributed by atoms with E-state index in [1.54, 1.807) is 12.2 Å². The number of aliphatic hydroxyl groups is 1. The summed E-state index contributed by atoms with van der Waals surface area (Å²) in [4.78, 5) is 46.7. The summed E-state index contributed by atoms with van der Waals surface area (Å²) in [5, 5.41) is 19.4. The second kappa shape index (κ2) is 41.7. The number of ether oxygens (including phenoxy) is 2. The number of rotatable bonds is 43. The maximum absolute atomic E-state index is 13.1. The Morgan fingerprint density at radius 2 is 1.31 bits per heavy atom. The maximum Gasteiger partial charge on any atom is 0.472 e. The van der Waals surface area contributed by atoms with Gasteiger partial charge in [-0.2, -0.15) is 0 Å². The number of carbonyl (C=O) groups is 3. The molecule has 0 amide bonds. The molecular weight excluding hydrogens is 820 g/mol. The first-order chi connectivity index (χ1) is 29.4. The van der Waals surface area contributed by atoms with E-state index in [9.17, 15) is 28.9 Å². The number of phosphoric ester groups is 1. The first-order valence-electron chi connectivity index (χ1n) is 23.1. The van der Waals surface area contributed by atoms with Gasteiger partial charge in [0, 0.05) is 30.4 Å². The zero-order chi connectivity index (χ0) is 45.2. The molecule has 0 aliphatic carbocycles. The summed E-state index contributed by atoms with van der Waals surface area (Å²) in [5.41, 5.74) is 11.6. The van der Waals surface area contributed by atoms with Gasteiger partial charge in [0.1, 0.15) is 12.6 Å². The van der Waals surface area contributed by atoms with Gasteiger partial charge < -0.3 is 36.0 Å². The average Bonchev–Trinajstić information content (AvgIpc) is 3.23. The lowest BCUT2D eigenvalue weighted by Crippen LogP contribution is -2.40. The van der Waals surface area contributed by atoms with Crippen LogP contribution in [0.25, 0.3) is 0 Å². The third kappa shape index (κ3) is 39.1. The van der Waals surface area contributed by atoms with Gasteiger partial charge in [-0.05, 0) is 38.5 Å².